The summed E-state index contributed by atoms with van der Waals surface area (Å²) in [5.74, 6) is -0.467. The monoisotopic (exact) mass is 239 g/mol. The summed E-state index contributed by atoms with van der Waals surface area (Å²) in [5.41, 5.74) is 0.786. The van der Waals surface area contributed by atoms with E-state index >= 15 is 0 Å². The Bertz CT molecular complexity index is 401. The molecule has 0 fully saturated rings. The van der Waals surface area contributed by atoms with E-state index in [0.717, 1.165) is 5.56 Å². The predicted molar refractivity (Wildman–Crippen MR) is 59.6 cm³/mol. The van der Waals surface area contributed by atoms with E-state index in [1.165, 1.54) is 26.4 Å². The van der Waals surface area contributed by atoms with Crippen LogP contribution in [-0.2, 0) is 20.7 Å². The maximum atomic E-state index is 11.3. The summed E-state index contributed by atoms with van der Waals surface area (Å²) in [5, 5.41) is 10.5. The third kappa shape index (κ3) is 3.53. The van der Waals surface area contributed by atoms with E-state index in [1.807, 2.05) is 0 Å². The van der Waals surface area contributed by atoms with Crippen molar-refractivity contribution in [2.24, 2.45) is 0 Å². The maximum Gasteiger partial charge on any atom is 0.335 e. The zero-order valence-electron chi connectivity index (χ0n) is 9.58. The minimum Gasteiger partial charge on any atom is -0.467 e. The number of carbonyl (C=O) groups is 1. The van der Waals surface area contributed by atoms with Crippen molar-refractivity contribution in [3.05, 3.63) is 39.9 Å². The Hall–Kier alpha value is -1.95. The molecule has 17 heavy (non-hydrogen) atoms. The van der Waals surface area contributed by atoms with Crippen molar-refractivity contribution >= 4 is 11.7 Å². The predicted octanol–water partition coefficient (Wildman–Crippen LogP) is 1.33. The van der Waals surface area contributed by atoms with Gasteiger partial charge in [-0.25, -0.2) is 4.79 Å². The van der Waals surface area contributed by atoms with Crippen molar-refractivity contribution in [2.45, 2.75) is 12.5 Å². The van der Waals surface area contributed by atoms with Crippen LogP contribution in [0.1, 0.15) is 5.56 Å². The van der Waals surface area contributed by atoms with Crippen LogP contribution < -0.4 is 0 Å². The van der Waals surface area contributed by atoms with E-state index in [0.29, 0.717) is 6.42 Å². The van der Waals surface area contributed by atoms with Gasteiger partial charge in [-0.2, -0.15) is 0 Å². The molecule has 0 N–H and O–H groups in total. The van der Waals surface area contributed by atoms with Crippen LogP contribution in [0, 0.1) is 10.1 Å². The second kappa shape index (κ2) is 5.95. The number of non-ortho nitro benzene ring substituents is 1. The lowest BCUT2D eigenvalue weighted by Crippen LogP contribution is -2.26. The summed E-state index contributed by atoms with van der Waals surface area (Å²) < 4.78 is 9.54. The third-order valence-electron chi connectivity index (χ3n) is 2.32. The summed E-state index contributed by atoms with van der Waals surface area (Å²) in [6.07, 6.45) is -0.372. The van der Waals surface area contributed by atoms with Crippen molar-refractivity contribution < 1.29 is 19.2 Å². The van der Waals surface area contributed by atoms with Crippen molar-refractivity contribution in [1.29, 1.82) is 0 Å². The van der Waals surface area contributed by atoms with Crippen LogP contribution in [0.5, 0.6) is 0 Å². The van der Waals surface area contributed by atoms with Gasteiger partial charge in [-0.1, -0.05) is 12.1 Å². The number of nitro groups is 1. The van der Waals surface area contributed by atoms with Crippen LogP contribution in [0.3, 0.4) is 0 Å². The van der Waals surface area contributed by atoms with Gasteiger partial charge in [0.15, 0.2) is 6.10 Å². The molecule has 0 heterocycles. The zero-order valence-corrected chi connectivity index (χ0v) is 9.58. The summed E-state index contributed by atoms with van der Waals surface area (Å²) in [7, 11) is 2.69. The van der Waals surface area contributed by atoms with Crippen molar-refractivity contribution in [2.75, 3.05) is 14.2 Å². The Balaban J connectivity index is 2.74. The molecule has 0 aliphatic carbocycles. The number of hydrogen-bond donors (Lipinski definition) is 0. The van der Waals surface area contributed by atoms with Crippen LogP contribution in [0.25, 0.3) is 0 Å². The number of benzene rings is 1. The largest absolute Gasteiger partial charge is 0.467 e. The molecule has 0 aromatic heterocycles. The number of rotatable bonds is 5. The number of nitrogens with zero attached hydrogens (tertiary/aromatic N) is 1. The van der Waals surface area contributed by atoms with E-state index in [-0.39, 0.29) is 5.69 Å². The molecule has 0 saturated heterocycles. The number of hydrogen-bond acceptors (Lipinski definition) is 5. The van der Waals surface area contributed by atoms with E-state index in [9.17, 15) is 14.9 Å². The average Bonchev–Trinajstić information content (AvgIpc) is 2.35. The van der Waals surface area contributed by atoms with Crippen LogP contribution in [0.15, 0.2) is 24.3 Å². The highest BCUT2D eigenvalue weighted by Gasteiger charge is 2.19. The molecule has 0 saturated carbocycles. The first kappa shape index (κ1) is 13.1. The highest BCUT2D eigenvalue weighted by Crippen LogP contribution is 2.14. The maximum absolute atomic E-state index is 11.3. The molecule has 0 amide bonds. The van der Waals surface area contributed by atoms with Crippen molar-refractivity contribution in [1.82, 2.24) is 0 Å². The summed E-state index contributed by atoms with van der Waals surface area (Å²) in [4.78, 5) is 21.2. The highest BCUT2D eigenvalue weighted by atomic mass is 16.6. The molecule has 0 radical (unpaired) electrons. The van der Waals surface area contributed by atoms with Gasteiger partial charge in [0.05, 0.1) is 12.0 Å². The first-order valence-electron chi connectivity index (χ1n) is 4.92. The topological polar surface area (TPSA) is 78.7 Å². The number of esters is 1. The molecule has 0 spiro atoms. The van der Waals surface area contributed by atoms with Crippen LogP contribution in [-0.4, -0.2) is 31.2 Å². The standard InChI is InChI=1S/C11H13NO5/c1-16-10(11(13)17-2)7-8-3-5-9(6-4-8)12(14)15/h3-6,10H,7H2,1-2H3/t10-/m0/s1. The summed E-state index contributed by atoms with van der Waals surface area (Å²) >= 11 is 0. The van der Waals surface area contributed by atoms with Gasteiger partial charge < -0.3 is 9.47 Å². The van der Waals surface area contributed by atoms with Gasteiger partial charge >= 0.3 is 5.97 Å². The van der Waals surface area contributed by atoms with Gasteiger partial charge in [-0.3, -0.25) is 10.1 Å². The highest BCUT2D eigenvalue weighted by molar-refractivity contribution is 5.74. The molecule has 0 aliphatic heterocycles. The summed E-state index contributed by atoms with van der Waals surface area (Å²) in [6.45, 7) is 0. The van der Waals surface area contributed by atoms with E-state index in [1.54, 1.807) is 12.1 Å². The Labute approximate surface area is 98.3 Å². The third-order valence-corrected chi connectivity index (χ3v) is 2.32. The number of nitro benzene ring substituents is 1. The molecule has 0 aliphatic rings. The lowest BCUT2D eigenvalue weighted by atomic mass is 10.1. The van der Waals surface area contributed by atoms with Crippen LogP contribution in [0.2, 0.25) is 0 Å². The molecule has 1 aromatic carbocycles. The lowest BCUT2D eigenvalue weighted by Gasteiger charge is -2.12. The first-order chi connectivity index (χ1) is 8.08. The Morgan fingerprint density at radius 1 is 1.35 bits per heavy atom. The molecule has 6 nitrogen and oxygen atoms in total. The van der Waals surface area contributed by atoms with Gasteiger partial charge in [-0.05, 0) is 5.56 Å². The van der Waals surface area contributed by atoms with Crippen molar-refractivity contribution in [3.8, 4) is 0 Å². The van der Waals surface area contributed by atoms with E-state index < -0.39 is 17.0 Å². The van der Waals surface area contributed by atoms with Gasteiger partial charge in [0.25, 0.3) is 5.69 Å². The quantitative estimate of drug-likeness (QED) is 0.440. The molecule has 1 aromatic rings. The SMILES string of the molecule is COC(=O)[C@H](Cc1ccc([N+](=O)[O-])cc1)OC. The Kier molecular flexibility index (Phi) is 4.59. The van der Waals surface area contributed by atoms with Crippen molar-refractivity contribution in [3.63, 3.8) is 0 Å². The van der Waals surface area contributed by atoms with Crippen LogP contribution >= 0.6 is 0 Å². The fourth-order valence-corrected chi connectivity index (χ4v) is 1.36. The molecule has 0 bridgehead atoms. The fraction of sp³-hybridized carbons (Fsp3) is 0.364. The van der Waals surface area contributed by atoms with Crippen LogP contribution in [0.4, 0.5) is 5.69 Å². The second-order valence-corrected chi connectivity index (χ2v) is 3.38. The van der Waals surface area contributed by atoms with Gasteiger partial charge in [0.2, 0.25) is 0 Å². The molecule has 1 rings (SSSR count). The number of carbonyl (C=O) groups excluding carboxylic acids is 1. The minimum atomic E-state index is -0.693. The molecular weight excluding hydrogens is 226 g/mol. The molecular formula is C11H13NO5. The van der Waals surface area contributed by atoms with Gasteiger partial charge in [-0.15, -0.1) is 0 Å². The fourth-order valence-electron chi connectivity index (χ4n) is 1.36. The zero-order chi connectivity index (χ0) is 12.8. The average molecular weight is 239 g/mol. The molecule has 92 valence electrons. The second-order valence-electron chi connectivity index (χ2n) is 3.38. The number of ether oxygens (including phenoxy) is 2. The molecule has 6 heteroatoms. The molecule has 0 unspecified atom stereocenters. The Morgan fingerprint density at radius 3 is 2.35 bits per heavy atom. The lowest BCUT2D eigenvalue weighted by molar-refractivity contribution is -0.384. The first-order valence-corrected chi connectivity index (χ1v) is 4.92. The van der Waals surface area contributed by atoms with E-state index in [4.69, 9.17) is 4.74 Å². The number of methoxy groups -OCH3 is 2. The Morgan fingerprint density at radius 2 is 1.94 bits per heavy atom. The smallest absolute Gasteiger partial charge is 0.335 e. The summed E-state index contributed by atoms with van der Waals surface area (Å²) in [6, 6.07) is 5.96. The van der Waals surface area contributed by atoms with E-state index in [2.05, 4.69) is 4.74 Å². The van der Waals surface area contributed by atoms with Gasteiger partial charge in [0, 0.05) is 25.7 Å². The van der Waals surface area contributed by atoms with Gasteiger partial charge in [0.1, 0.15) is 0 Å². The minimum absolute atomic E-state index is 0.0146. The normalized spacial score (nSPS) is 11.9. The molecule has 1 atom stereocenters.